The maximum atomic E-state index is 5.14. The van der Waals surface area contributed by atoms with Crippen LogP contribution < -0.4 is 0 Å². The van der Waals surface area contributed by atoms with Gasteiger partial charge in [0.05, 0.1) is 33.5 Å². The number of aromatic nitrogens is 6. The van der Waals surface area contributed by atoms with Crippen molar-refractivity contribution in [3.8, 4) is 0 Å². The SMILES string of the molecule is Cn1c(CCN(Cc2ccccc2)Cc2ccc3ccc(CN(CCc4nc5ccccc5n4C)Cc4ccccc4)nc3n2)nc2ccccc21. The van der Waals surface area contributed by atoms with Crippen molar-refractivity contribution < 1.29 is 0 Å². The number of rotatable bonds is 14. The Morgan fingerprint density at radius 1 is 0.442 bits per heavy atom. The summed E-state index contributed by atoms with van der Waals surface area (Å²) >= 11 is 0. The van der Waals surface area contributed by atoms with Crippen LogP contribution in [0.5, 0.6) is 0 Å². The number of pyridine rings is 2. The minimum absolute atomic E-state index is 0.721. The zero-order valence-electron chi connectivity index (χ0n) is 29.9. The number of nitrogens with zero attached hydrogens (tertiary/aromatic N) is 8. The molecule has 8 aromatic rings. The molecule has 0 N–H and O–H groups in total. The van der Waals surface area contributed by atoms with Gasteiger partial charge in [-0.1, -0.05) is 84.9 Å². The van der Waals surface area contributed by atoms with Gasteiger partial charge in [-0.25, -0.2) is 19.9 Å². The molecule has 0 saturated heterocycles. The molecule has 0 aliphatic carbocycles. The third kappa shape index (κ3) is 7.64. The first-order valence-corrected chi connectivity index (χ1v) is 18.1. The van der Waals surface area contributed by atoms with Crippen molar-refractivity contribution >= 4 is 33.1 Å². The highest BCUT2D eigenvalue weighted by Gasteiger charge is 2.15. The van der Waals surface area contributed by atoms with E-state index in [-0.39, 0.29) is 0 Å². The Morgan fingerprint density at radius 2 is 0.865 bits per heavy atom. The van der Waals surface area contributed by atoms with Crippen LogP contribution in [0.4, 0.5) is 0 Å². The second kappa shape index (κ2) is 15.3. The minimum atomic E-state index is 0.721. The molecular weight excluding hydrogens is 641 g/mol. The van der Waals surface area contributed by atoms with Gasteiger partial charge in [0.25, 0.3) is 0 Å². The van der Waals surface area contributed by atoms with Crippen LogP contribution in [0.2, 0.25) is 0 Å². The van der Waals surface area contributed by atoms with Gasteiger partial charge in [-0.15, -0.1) is 0 Å². The Bertz CT molecular complexity index is 2250. The highest BCUT2D eigenvalue weighted by molar-refractivity contribution is 5.77. The molecule has 8 rings (SSSR count). The average Bonchev–Trinajstić information content (AvgIpc) is 3.68. The van der Waals surface area contributed by atoms with E-state index in [0.717, 1.165) is 108 Å². The fourth-order valence-corrected chi connectivity index (χ4v) is 7.18. The van der Waals surface area contributed by atoms with Gasteiger partial charge in [0.2, 0.25) is 0 Å². The quantitative estimate of drug-likeness (QED) is 0.116. The first kappa shape index (κ1) is 33.4. The second-order valence-corrected chi connectivity index (χ2v) is 13.7. The summed E-state index contributed by atoms with van der Waals surface area (Å²) < 4.78 is 4.44. The van der Waals surface area contributed by atoms with Gasteiger partial charge in [-0.05, 0) is 59.7 Å². The van der Waals surface area contributed by atoms with Gasteiger partial charge in [0, 0.05) is 71.6 Å². The van der Waals surface area contributed by atoms with Crippen LogP contribution in [0, 0.1) is 0 Å². The predicted molar refractivity (Wildman–Crippen MR) is 209 cm³/mol. The highest BCUT2D eigenvalue weighted by Crippen LogP contribution is 2.20. The molecule has 4 aromatic heterocycles. The van der Waals surface area contributed by atoms with E-state index in [1.54, 1.807) is 0 Å². The first-order chi connectivity index (χ1) is 25.6. The topological polar surface area (TPSA) is 67.9 Å². The monoisotopic (exact) mass is 684 g/mol. The van der Waals surface area contributed by atoms with Crippen molar-refractivity contribution in [1.82, 2.24) is 38.9 Å². The van der Waals surface area contributed by atoms with Crippen molar-refractivity contribution in [1.29, 1.82) is 0 Å². The number of benzene rings is 4. The largest absolute Gasteiger partial charge is 0.331 e. The zero-order valence-corrected chi connectivity index (χ0v) is 29.9. The van der Waals surface area contributed by atoms with E-state index in [0.29, 0.717) is 0 Å². The molecule has 0 aliphatic heterocycles. The van der Waals surface area contributed by atoms with Crippen LogP contribution in [0.3, 0.4) is 0 Å². The van der Waals surface area contributed by atoms with Gasteiger partial charge in [0.15, 0.2) is 5.65 Å². The van der Waals surface area contributed by atoms with Gasteiger partial charge in [0.1, 0.15) is 11.6 Å². The summed E-state index contributed by atoms with van der Waals surface area (Å²) in [7, 11) is 4.23. The van der Waals surface area contributed by atoms with Crippen molar-refractivity contribution in [2.45, 2.75) is 39.0 Å². The van der Waals surface area contributed by atoms with Crippen molar-refractivity contribution in [3.63, 3.8) is 0 Å². The second-order valence-electron chi connectivity index (χ2n) is 13.7. The van der Waals surface area contributed by atoms with Crippen LogP contribution >= 0.6 is 0 Å². The van der Waals surface area contributed by atoms with E-state index < -0.39 is 0 Å². The van der Waals surface area contributed by atoms with Crippen LogP contribution in [0.25, 0.3) is 33.1 Å². The lowest BCUT2D eigenvalue weighted by atomic mass is 10.1. The predicted octanol–water partition coefficient (Wildman–Crippen LogP) is 7.89. The molecule has 0 atom stereocenters. The van der Waals surface area contributed by atoms with E-state index in [9.17, 15) is 0 Å². The van der Waals surface area contributed by atoms with Crippen LogP contribution in [-0.4, -0.2) is 52.0 Å². The summed E-state index contributed by atoms with van der Waals surface area (Å²) in [5, 5.41) is 1.05. The maximum Gasteiger partial charge on any atom is 0.159 e. The summed E-state index contributed by atoms with van der Waals surface area (Å²) in [5.41, 5.74) is 9.80. The number of imidazole rings is 2. The van der Waals surface area contributed by atoms with E-state index in [1.165, 1.54) is 11.1 Å². The Kier molecular flexibility index (Phi) is 9.82. The molecule has 4 heterocycles. The number of fused-ring (bicyclic) bond motifs is 3. The highest BCUT2D eigenvalue weighted by atomic mass is 15.2. The lowest BCUT2D eigenvalue weighted by molar-refractivity contribution is 0.254. The summed E-state index contributed by atoms with van der Waals surface area (Å²) in [6.45, 7) is 4.83. The van der Waals surface area contributed by atoms with E-state index in [2.05, 4.69) is 166 Å². The summed E-state index contributed by atoms with van der Waals surface area (Å²) in [6, 6.07) is 46.7. The molecule has 0 aliphatic rings. The van der Waals surface area contributed by atoms with Crippen LogP contribution in [-0.2, 0) is 53.1 Å². The summed E-state index contributed by atoms with van der Waals surface area (Å²) in [4.78, 5) is 25.1. The van der Waals surface area contributed by atoms with Gasteiger partial charge in [-0.3, -0.25) is 9.80 Å². The number of para-hydroxylation sites is 4. The molecule has 260 valence electrons. The van der Waals surface area contributed by atoms with Crippen molar-refractivity contribution in [2.75, 3.05) is 13.1 Å². The van der Waals surface area contributed by atoms with Crippen molar-refractivity contribution in [3.05, 3.63) is 168 Å². The number of aryl methyl sites for hydroxylation is 2. The molecule has 0 fully saturated rings. The first-order valence-electron chi connectivity index (χ1n) is 18.1. The fourth-order valence-electron chi connectivity index (χ4n) is 7.18. The summed E-state index contributed by atoms with van der Waals surface area (Å²) in [6.07, 6.45) is 1.69. The lowest BCUT2D eigenvalue weighted by Gasteiger charge is -2.23. The maximum absolute atomic E-state index is 5.14. The molecule has 8 nitrogen and oxygen atoms in total. The van der Waals surface area contributed by atoms with Gasteiger partial charge >= 0.3 is 0 Å². The molecule has 0 saturated carbocycles. The standard InChI is InChI=1S/C44H44N8/c1-49-40-19-11-9-17-38(40)47-42(49)25-27-51(29-33-13-5-3-6-14-33)31-36-23-21-35-22-24-37(46-44(35)45-36)32-52(30-34-15-7-4-8-16-34)28-26-43-48-39-18-10-12-20-41(39)50(43)2/h3-24H,25-32H2,1-2H3. The van der Waals surface area contributed by atoms with E-state index in [1.807, 2.05) is 0 Å². The van der Waals surface area contributed by atoms with Crippen LogP contribution in [0.15, 0.2) is 133 Å². The normalized spacial score (nSPS) is 11.8. The fraction of sp³-hybridized carbons (Fsp3) is 0.227. The van der Waals surface area contributed by atoms with Crippen molar-refractivity contribution in [2.24, 2.45) is 14.1 Å². The minimum Gasteiger partial charge on any atom is -0.331 e. The molecule has 0 spiro atoms. The smallest absolute Gasteiger partial charge is 0.159 e. The Hall–Kier alpha value is -5.70. The molecule has 8 heteroatoms. The Balaban J connectivity index is 1.01. The van der Waals surface area contributed by atoms with Crippen LogP contribution in [0.1, 0.15) is 34.2 Å². The molecule has 0 radical (unpaired) electrons. The molecular formula is C44H44N8. The molecule has 52 heavy (non-hydrogen) atoms. The molecule has 0 bridgehead atoms. The molecule has 0 amide bonds. The lowest BCUT2D eigenvalue weighted by Crippen LogP contribution is -2.27. The van der Waals surface area contributed by atoms with E-state index in [4.69, 9.17) is 19.9 Å². The Labute approximate surface area is 305 Å². The van der Waals surface area contributed by atoms with Gasteiger partial charge < -0.3 is 9.13 Å². The third-order valence-corrected chi connectivity index (χ3v) is 10.00. The molecule has 0 unspecified atom stereocenters. The molecule has 4 aromatic carbocycles. The Morgan fingerprint density at radius 3 is 1.31 bits per heavy atom. The zero-order chi connectivity index (χ0) is 35.3. The third-order valence-electron chi connectivity index (χ3n) is 10.00. The van der Waals surface area contributed by atoms with Gasteiger partial charge in [-0.2, -0.15) is 0 Å². The number of hydrogen-bond donors (Lipinski definition) is 0. The average molecular weight is 685 g/mol. The summed E-state index contributed by atoms with van der Waals surface area (Å²) in [5.74, 6) is 2.18. The number of hydrogen-bond acceptors (Lipinski definition) is 6. The van der Waals surface area contributed by atoms with E-state index >= 15 is 0 Å².